The standard InChI is InChI=1S/C23H42O4/c1-3-5-6-7-8-9-10-11-12-14-21(13-4-2)27-23(26)20-17-15-19(16-18-20)22(24)25/h19-21H,3-18H2,1-2H3,(H,24,25). The zero-order valence-electron chi connectivity index (χ0n) is 17.7. The molecule has 1 aliphatic carbocycles. The summed E-state index contributed by atoms with van der Waals surface area (Å²) in [7, 11) is 0. The van der Waals surface area contributed by atoms with Gasteiger partial charge in [0.1, 0.15) is 6.10 Å². The van der Waals surface area contributed by atoms with Crippen molar-refractivity contribution in [2.75, 3.05) is 0 Å². The molecule has 0 aromatic heterocycles. The molecule has 0 amide bonds. The number of carbonyl (C=O) groups excluding carboxylic acids is 1. The van der Waals surface area contributed by atoms with Crippen molar-refractivity contribution in [1.82, 2.24) is 0 Å². The highest BCUT2D eigenvalue weighted by Gasteiger charge is 2.31. The van der Waals surface area contributed by atoms with Gasteiger partial charge in [0, 0.05) is 0 Å². The maximum atomic E-state index is 12.5. The fourth-order valence-corrected chi connectivity index (χ4v) is 4.10. The maximum absolute atomic E-state index is 12.5. The normalized spacial score (nSPS) is 21.0. The van der Waals surface area contributed by atoms with Crippen LogP contribution in [0.15, 0.2) is 0 Å². The molecule has 0 heterocycles. The first-order valence-corrected chi connectivity index (χ1v) is 11.5. The number of rotatable bonds is 15. The third-order valence-corrected chi connectivity index (χ3v) is 5.93. The van der Waals surface area contributed by atoms with E-state index in [0.29, 0.717) is 25.7 Å². The van der Waals surface area contributed by atoms with Crippen LogP contribution in [0.4, 0.5) is 0 Å². The number of ether oxygens (including phenoxy) is 1. The van der Waals surface area contributed by atoms with E-state index in [1.165, 1.54) is 51.4 Å². The number of carbonyl (C=O) groups is 2. The van der Waals surface area contributed by atoms with Gasteiger partial charge in [0.15, 0.2) is 0 Å². The first-order chi connectivity index (χ1) is 13.1. The van der Waals surface area contributed by atoms with Gasteiger partial charge >= 0.3 is 11.9 Å². The summed E-state index contributed by atoms with van der Waals surface area (Å²) in [6, 6.07) is 0. The minimum absolute atomic E-state index is 0.0456. The predicted octanol–water partition coefficient (Wildman–Crippen LogP) is 6.51. The summed E-state index contributed by atoms with van der Waals surface area (Å²) in [6.07, 6.45) is 17.3. The van der Waals surface area contributed by atoms with Crippen LogP contribution in [0.1, 0.15) is 117 Å². The van der Waals surface area contributed by atoms with E-state index in [0.717, 1.165) is 25.7 Å². The molecular weight excluding hydrogens is 340 g/mol. The van der Waals surface area contributed by atoms with Crippen molar-refractivity contribution in [2.24, 2.45) is 11.8 Å². The molecule has 1 aliphatic rings. The number of aliphatic carboxylic acids is 1. The predicted molar refractivity (Wildman–Crippen MR) is 110 cm³/mol. The average molecular weight is 383 g/mol. The highest BCUT2D eigenvalue weighted by Crippen LogP contribution is 2.30. The molecule has 4 heteroatoms. The summed E-state index contributed by atoms with van der Waals surface area (Å²) >= 11 is 0. The van der Waals surface area contributed by atoms with Crippen molar-refractivity contribution in [3.8, 4) is 0 Å². The van der Waals surface area contributed by atoms with Gasteiger partial charge in [0.2, 0.25) is 0 Å². The van der Waals surface area contributed by atoms with Crippen molar-refractivity contribution in [3.05, 3.63) is 0 Å². The lowest BCUT2D eigenvalue weighted by molar-refractivity contribution is -0.158. The molecule has 0 radical (unpaired) electrons. The van der Waals surface area contributed by atoms with Gasteiger partial charge in [0.05, 0.1) is 11.8 Å². The summed E-state index contributed by atoms with van der Waals surface area (Å²) in [5.41, 5.74) is 0. The first-order valence-electron chi connectivity index (χ1n) is 11.5. The monoisotopic (exact) mass is 382 g/mol. The summed E-state index contributed by atoms with van der Waals surface area (Å²) in [5, 5.41) is 9.07. The second kappa shape index (κ2) is 14.9. The van der Waals surface area contributed by atoms with E-state index >= 15 is 0 Å². The fourth-order valence-electron chi connectivity index (χ4n) is 4.10. The van der Waals surface area contributed by atoms with Crippen LogP contribution in [-0.4, -0.2) is 23.1 Å². The minimum atomic E-state index is -0.726. The topological polar surface area (TPSA) is 63.6 Å². The minimum Gasteiger partial charge on any atom is -0.481 e. The smallest absolute Gasteiger partial charge is 0.309 e. The Bertz CT molecular complexity index is 399. The molecule has 0 spiro atoms. The Kier molecular flexibility index (Phi) is 13.3. The zero-order valence-corrected chi connectivity index (χ0v) is 17.7. The van der Waals surface area contributed by atoms with Crippen LogP contribution in [-0.2, 0) is 14.3 Å². The largest absolute Gasteiger partial charge is 0.481 e. The van der Waals surface area contributed by atoms with Crippen molar-refractivity contribution >= 4 is 11.9 Å². The molecule has 0 aliphatic heterocycles. The summed E-state index contributed by atoms with van der Waals surface area (Å²) in [5.74, 6) is -1.19. The Labute approximate surface area is 166 Å². The number of hydrogen-bond donors (Lipinski definition) is 1. The molecule has 1 atom stereocenters. The first kappa shape index (κ1) is 24.0. The Balaban J connectivity index is 2.17. The second-order valence-corrected chi connectivity index (χ2v) is 8.35. The van der Waals surface area contributed by atoms with Gasteiger partial charge in [-0.05, 0) is 44.9 Å². The van der Waals surface area contributed by atoms with E-state index in [4.69, 9.17) is 9.84 Å². The van der Waals surface area contributed by atoms with Gasteiger partial charge < -0.3 is 9.84 Å². The third kappa shape index (κ3) is 10.8. The molecule has 4 nitrogen and oxygen atoms in total. The Morgan fingerprint density at radius 2 is 1.30 bits per heavy atom. The van der Waals surface area contributed by atoms with Crippen LogP contribution < -0.4 is 0 Å². The quantitative estimate of drug-likeness (QED) is 0.259. The molecular formula is C23H42O4. The van der Waals surface area contributed by atoms with Gasteiger partial charge in [-0.15, -0.1) is 0 Å². The van der Waals surface area contributed by atoms with E-state index in [2.05, 4.69) is 13.8 Å². The highest BCUT2D eigenvalue weighted by atomic mass is 16.5. The van der Waals surface area contributed by atoms with Gasteiger partial charge in [0.25, 0.3) is 0 Å². The summed E-state index contributed by atoms with van der Waals surface area (Å²) in [4.78, 5) is 23.5. The van der Waals surface area contributed by atoms with Gasteiger partial charge in [-0.3, -0.25) is 9.59 Å². The molecule has 1 rings (SSSR count). The number of carboxylic acid groups (broad SMARTS) is 1. The SMILES string of the molecule is CCCCCCCCCCCC(CCC)OC(=O)C1CCC(C(=O)O)CC1. The van der Waals surface area contributed by atoms with Crippen LogP contribution in [0.3, 0.4) is 0 Å². The third-order valence-electron chi connectivity index (χ3n) is 5.93. The number of carboxylic acids is 1. The molecule has 0 saturated heterocycles. The Morgan fingerprint density at radius 1 is 0.778 bits per heavy atom. The number of esters is 1. The van der Waals surface area contributed by atoms with Crippen molar-refractivity contribution in [1.29, 1.82) is 0 Å². The average Bonchev–Trinajstić information content (AvgIpc) is 2.66. The molecule has 0 bridgehead atoms. The lowest BCUT2D eigenvalue weighted by atomic mass is 9.82. The summed E-state index contributed by atoms with van der Waals surface area (Å²) in [6.45, 7) is 4.38. The molecule has 1 N–H and O–H groups in total. The molecule has 1 unspecified atom stereocenters. The molecule has 27 heavy (non-hydrogen) atoms. The lowest BCUT2D eigenvalue weighted by Gasteiger charge is -2.26. The van der Waals surface area contributed by atoms with Crippen molar-refractivity contribution < 1.29 is 19.4 Å². The lowest BCUT2D eigenvalue weighted by Crippen LogP contribution is -2.29. The molecule has 1 fully saturated rings. The van der Waals surface area contributed by atoms with E-state index in [1.54, 1.807) is 0 Å². The van der Waals surface area contributed by atoms with Crippen LogP contribution >= 0.6 is 0 Å². The maximum Gasteiger partial charge on any atom is 0.309 e. The van der Waals surface area contributed by atoms with Crippen LogP contribution in [0.25, 0.3) is 0 Å². The summed E-state index contributed by atoms with van der Waals surface area (Å²) < 4.78 is 5.81. The van der Waals surface area contributed by atoms with Gasteiger partial charge in [-0.25, -0.2) is 0 Å². The molecule has 0 aromatic carbocycles. The highest BCUT2D eigenvalue weighted by molar-refractivity contribution is 5.74. The number of hydrogen-bond acceptors (Lipinski definition) is 3. The molecule has 0 aromatic rings. The van der Waals surface area contributed by atoms with Gasteiger partial charge in [-0.1, -0.05) is 71.6 Å². The van der Waals surface area contributed by atoms with E-state index in [9.17, 15) is 9.59 Å². The van der Waals surface area contributed by atoms with Crippen molar-refractivity contribution in [2.45, 2.75) is 123 Å². The molecule has 158 valence electrons. The van der Waals surface area contributed by atoms with Crippen LogP contribution in [0.2, 0.25) is 0 Å². The van der Waals surface area contributed by atoms with Crippen molar-refractivity contribution in [3.63, 3.8) is 0 Å². The molecule has 1 saturated carbocycles. The van der Waals surface area contributed by atoms with E-state index in [-0.39, 0.29) is 23.9 Å². The zero-order chi connectivity index (χ0) is 19.9. The van der Waals surface area contributed by atoms with Crippen LogP contribution in [0, 0.1) is 11.8 Å². The number of unbranched alkanes of at least 4 members (excludes halogenated alkanes) is 8. The van der Waals surface area contributed by atoms with E-state index < -0.39 is 5.97 Å². The Morgan fingerprint density at radius 3 is 1.81 bits per heavy atom. The Hall–Kier alpha value is -1.06. The fraction of sp³-hybridized carbons (Fsp3) is 0.913. The van der Waals surface area contributed by atoms with Gasteiger partial charge in [-0.2, -0.15) is 0 Å². The van der Waals surface area contributed by atoms with Crippen LogP contribution in [0.5, 0.6) is 0 Å². The van der Waals surface area contributed by atoms with E-state index in [1.807, 2.05) is 0 Å². The second-order valence-electron chi connectivity index (χ2n) is 8.35.